The molecule has 12 bridgehead atoms. The van der Waals surface area contributed by atoms with Crippen LogP contribution in [0.15, 0.2) is 170 Å². The number of ether oxygens (including phenoxy) is 1. The van der Waals surface area contributed by atoms with Gasteiger partial charge in [0, 0.05) is 81.7 Å². The topological polar surface area (TPSA) is 54.7 Å². The van der Waals surface area contributed by atoms with Gasteiger partial charge < -0.3 is 13.9 Å². The number of para-hydroxylation sites is 4. The second kappa shape index (κ2) is 12.7. The van der Waals surface area contributed by atoms with Crippen LogP contribution >= 0.6 is 0 Å². The first-order valence-electron chi connectivity index (χ1n) is 21.6. The number of nitrogens with zero attached hydrogens (tertiary/aromatic N) is 6. The summed E-state index contributed by atoms with van der Waals surface area (Å²) in [5.74, 6) is 3.26. The summed E-state index contributed by atoms with van der Waals surface area (Å²) in [6, 6.07) is 57.1. The lowest BCUT2D eigenvalue weighted by Crippen LogP contribution is -2.00. The van der Waals surface area contributed by atoms with Crippen LogP contribution in [-0.2, 0) is 26.9 Å². The van der Waals surface area contributed by atoms with Gasteiger partial charge in [-0.3, -0.25) is 9.13 Å². The number of aromatic nitrogens is 6. The Bertz CT molecular complexity index is 3840. The van der Waals surface area contributed by atoms with Crippen molar-refractivity contribution in [3.8, 4) is 23.1 Å². The zero-order valence-corrected chi connectivity index (χ0v) is 34.7. The second-order valence-corrected chi connectivity index (χ2v) is 17.2. The summed E-state index contributed by atoms with van der Waals surface area (Å²) in [6.07, 6.45) is 5.43. The standard InChI is InChI=1S/C56H38N6O/c1-59-53-35-9-7-13-43(53)45-21-22-46-44-14-8-10-36(54(44)60(2)56(46)55(45)59)28-34-24-26-58-52(30-34)62-48-16-6-4-12-40(48)42-20-18-38(32-50(42)62)63-37-17-19-41-39-11-3-5-15-47(39)61(49(41)31-37)51-29-33(27-35)23-25-57-51/h3-26,29-32H,27-28H2,1-2H3. The van der Waals surface area contributed by atoms with E-state index in [2.05, 4.69) is 190 Å². The minimum Gasteiger partial charge on any atom is -0.457 e. The monoisotopic (exact) mass is 810 g/mol. The molecule has 0 unspecified atom stereocenters. The van der Waals surface area contributed by atoms with Crippen LogP contribution in [0.3, 0.4) is 0 Å². The van der Waals surface area contributed by atoms with Crippen molar-refractivity contribution >= 4 is 87.2 Å². The molecular weight excluding hydrogens is 773 g/mol. The minimum absolute atomic E-state index is 0.754. The smallest absolute Gasteiger partial charge is 0.137 e. The number of fused-ring (bicyclic) bond motifs is 16. The molecular formula is C56H38N6O. The van der Waals surface area contributed by atoms with E-state index in [-0.39, 0.29) is 0 Å². The van der Waals surface area contributed by atoms with E-state index in [4.69, 9.17) is 14.7 Å². The Kier molecular flexibility index (Phi) is 6.96. The zero-order chi connectivity index (χ0) is 41.5. The van der Waals surface area contributed by atoms with E-state index in [0.717, 1.165) is 68.8 Å². The maximum atomic E-state index is 6.81. The third kappa shape index (κ3) is 4.84. The highest BCUT2D eigenvalue weighted by atomic mass is 16.5. The maximum Gasteiger partial charge on any atom is 0.137 e. The summed E-state index contributed by atoms with van der Waals surface area (Å²) in [5, 5.41) is 9.71. The van der Waals surface area contributed by atoms with Crippen molar-refractivity contribution in [2.45, 2.75) is 12.8 Å². The zero-order valence-electron chi connectivity index (χ0n) is 34.7. The largest absolute Gasteiger partial charge is 0.457 e. The molecule has 1 aliphatic heterocycles. The molecule has 0 fully saturated rings. The van der Waals surface area contributed by atoms with Gasteiger partial charge in [0.05, 0.1) is 44.1 Å². The summed E-state index contributed by atoms with van der Waals surface area (Å²) in [4.78, 5) is 10.1. The summed E-state index contributed by atoms with van der Waals surface area (Å²) in [5.41, 5.74) is 14.3. The molecule has 63 heavy (non-hydrogen) atoms. The summed E-state index contributed by atoms with van der Waals surface area (Å²) >= 11 is 0. The predicted molar refractivity (Wildman–Crippen MR) is 257 cm³/mol. The fraction of sp³-hybridized carbons (Fsp3) is 0.0714. The molecule has 7 nitrogen and oxygen atoms in total. The molecule has 0 saturated heterocycles. The number of pyridine rings is 2. The number of aryl methyl sites for hydroxylation is 2. The molecule has 0 atom stereocenters. The molecule has 7 aromatic carbocycles. The maximum absolute atomic E-state index is 6.81. The van der Waals surface area contributed by atoms with Crippen LogP contribution in [0.25, 0.3) is 98.9 Å². The molecule has 1 aliphatic rings. The molecule has 0 saturated carbocycles. The SMILES string of the molecule is Cn1c2c3cccc2c2ccc4c5cccc(c5n(C)c4c21)Cc1ccnc(c1)-n1c2ccccc2c2ccc(cc21)Oc1ccc2c4ccccc4n(c2c1)-c1cc(ccn1)C3. The summed E-state index contributed by atoms with van der Waals surface area (Å²) in [7, 11) is 4.48. The molecule has 0 N–H and O–H groups in total. The highest BCUT2D eigenvalue weighted by molar-refractivity contribution is 6.23. The van der Waals surface area contributed by atoms with Crippen molar-refractivity contribution in [2.75, 3.05) is 0 Å². The van der Waals surface area contributed by atoms with Crippen LogP contribution in [0.1, 0.15) is 22.3 Å². The number of hydrogen-bond donors (Lipinski definition) is 0. The quantitative estimate of drug-likeness (QED) is 0.153. The fourth-order valence-corrected chi connectivity index (χ4v) is 11.1. The van der Waals surface area contributed by atoms with E-state index in [1.807, 2.05) is 12.4 Å². The van der Waals surface area contributed by atoms with Gasteiger partial charge in [-0.1, -0.05) is 84.9 Å². The Morgan fingerprint density at radius 2 is 0.794 bits per heavy atom. The normalized spacial score (nSPS) is 12.9. The second-order valence-electron chi connectivity index (χ2n) is 17.2. The van der Waals surface area contributed by atoms with Crippen LogP contribution in [-0.4, -0.2) is 28.2 Å². The van der Waals surface area contributed by atoms with Gasteiger partial charge in [-0.15, -0.1) is 0 Å². The number of hydrogen-bond acceptors (Lipinski definition) is 3. The van der Waals surface area contributed by atoms with Gasteiger partial charge in [0.1, 0.15) is 23.1 Å². The van der Waals surface area contributed by atoms with Crippen molar-refractivity contribution < 1.29 is 4.74 Å². The highest BCUT2D eigenvalue weighted by Crippen LogP contribution is 2.42. The Morgan fingerprint density at radius 1 is 0.381 bits per heavy atom. The molecule has 13 aromatic rings. The predicted octanol–water partition coefficient (Wildman–Crippen LogP) is 13.2. The lowest BCUT2D eigenvalue weighted by molar-refractivity contribution is 0.484. The first kappa shape index (κ1) is 34.5. The molecule has 0 aliphatic carbocycles. The number of benzene rings is 7. The van der Waals surface area contributed by atoms with Gasteiger partial charge in [0.15, 0.2) is 0 Å². The van der Waals surface area contributed by atoms with E-state index in [1.165, 1.54) is 76.6 Å². The average molecular weight is 811 g/mol. The fourth-order valence-electron chi connectivity index (χ4n) is 11.1. The van der Waals surface area contributed by atoms with Gasteiger partial charge in [-0.25, -0.2) is 9.97 Å². The van der Waals surface area contributed by atoms with Crippen LogP contribution in [0.4, 0.5) is 0 Å². The first-order valence-corrected chi connectivity index (χ1v) is 21.6. The van der Waals surface area contributed by atoms with E-state index in [9.17, 15) is 0 Å². The Balaban J connectivity index is 1.06. The minimum atomic E-state index is 0.754. The summed E-state index contributed by atoms with van der Waals surface area (Å²) < 4.78 is 16.2. The van der Waals surface area contributed by atoms with Crippen LogP contribution < -0.4 is 4.74 Å². The van der Waals surface area contributed by atoms with Gasteiger partial charge in [-0.2, -0.15) is 0 Å². The molecule has 0 radical (unpaired) electrons. The molecule has 0 spiro atoms. The molecule has 298 valence electrons. The van der Waals surface area contributed by atoms with Gasteiger partial charge >= 0.3 is 0 Å². The third-order valence-corrected chi connectivity index (χ3v) is 13.7. The van der Waals surface area contributed by atoms with Crippen LogP contribution in [0.2, 0.25) is 0 Å². The van der Waals surface area contributed by atoms with E-state index < -0.39 is 0 Å². The van der Waals surface area contributed by atoms with E-state index in [0.29, 0.717) is 0 Å². The van der Waals surface area contributed by atoms with Gasteiger partial charge in [0.25, 0.3) is 0 Å². The van der Waals surface area contributed by atoms with Gasteiger partial charge in [0.2, 0.25) is 0 Å². The Labute approximate surface area is 361 Å². The van der Waals surface area contributed by atoms with Crippen molar-refractivity contribution in [2.24, 2.45) is 14.1 Å². The lowest BCUT2D eigenvalue weighted by atomic mass is 10.0. The number of rotatable bonds is 0. The third-order valence-electron chi connectivity index (χ3n) is 13.7. The average Bonchev–Trinajstić information content (AvgIpc) is 4.01. The highest BCUT2D eigenvalue weighted by Gasteiger charge is 2.22. The van der Waals surface area contributed by atoms with Crippen molar-refractivity contribution in [1.29, 1.82) is 0 Å². The van der Waals surface area contributed by atoms with E-state index in [1.54, 1.807) is 0 Å². The van der Waals surface area contributed by atoms with Crippen molar-refractivity contribution in [3.05, 3.63) is 192 Å². The van der Waals surface area contributed by atoms with E-state index >= 15 is 0 Å². The molecule has 6 aromatic heterocycles. The van der Waals surface area contributed by atoms with Crippen molar-refractivity contribution in [1.82, 2.24) is 28.2 Å². The van der Waals surface area contributed by atoms with Crippen LogP contribution in [0, 0.1) is 0 Å². The van der Waals surface area contributed by atoms with Crippen molar-refractivity contribution in [3.63, 3.8) is 0 Å². The molecule has 7 heteroatoms. The molecule has 0 amide bonds. The first-order chi connectivity index (χ1) is 31.1. The Morgan fingerprint density at radius 3 is 1.29 bits per heavy atom. The van der Waals surface area contributed by atoms with Gasteiger partial charge in [-0.05, 0) is 95.8 Å². The van der Waals surface area contributed by atoms with Crippen LogP contribution in [0.5, 0.6) is 11.5 Å². The summed E-state index contributed by atoms with van der Waals surface area (Å²) in [6.45, 7) is 0. The Hall–Kier alpha value is -8.16. The molecule has 14 rings (SSSR count). The lowest BCUT2D eigenvalue weighted by Gasteiger charge is -2.12. The molecule has 7 heterocycles.